The normalized spacial score (nSPS) is 40.2. The van der Waals surface area contributed by atoms with E-state index in [0.717, 1.165) is 25.7 Å². The van der Waals surface area contributed by atoms with Gasteiger partial charge in [-0.25, -0.2) is 4.79 Å². The number of fused-ring (bicyclic) bond motifs is 5. The Morgan fingerprint density at radius 2 is 1.63 bits per heavy atom. The van der Waals surface area contributed by atoms with Crippen LogP contribution in [0.2, 0.25) is 0 Å². The lowest BCUT2D eigenvalue weighted by Crippen LogP contribution is -2.60. The predicted molar refractivity (Wildman–Crippen MR) is 159 cm³/mol. The third kappa shape index (κ3) is 5.03. The summed E-state index contributed by atoms with van der Waals surface area (Å²) in [5.74, 6) is 2.32. The van der Waals surface area contributed by atoms with Crippen LogP contribution >= 0.6 is 0 Å². The Morgan fingerprint density at radius 1 is 0.927 bits per heavy atom. The van der Waals surface area contributed by atoms with Crippen LogP contribution in [-0.2, 0) is 19.0 Å². The molecule has 6 rings (SSSR count). The molecule has 224 valence electrons. The van der Waals surface area contributed by atoms with Gasteiger partial charge in [-0.05, 0) is 97.2 Å². The summed E-state index contributed by atoms with van der Waals surface area (Å²) in [6, 6.07) is 9.50. The molecule has 4 saturated carbocycles. The molecule has 1 spiro atoms. The first kappa shape index (κ1) is 29.1. The lowest BCUT2D eigenvalue weighted by molar-refractivity contribution is -0.242. The zero-order valence-corrected chi connectivity index (χ0v) is 25.8. The van der Waals surface area contributed by atoms with Gasteiger partial charge in [0.2, 0.25) is 0 Å². The number of ketones is 1. The standard InChI is InChI=1S/C36H50O5/c1-23(2)30(37)14-11-24(3)27-12-13-28-32-29(15-16-35(27,28)5)34(4)17-18-36(39-19-20-40-36)22-26(34)21-31(32)41-33(38)25-9-7-6-8-10-25/h6-11,14,23-24,26-29,31-32H,12-13,15-22H2,1-5H3/b14-11+/t24-,26+,27-,28?,29?,31?,32?,34+,35-/m1/s1. The van der Waals surface area contributed by atoms with Crippen LogP contribution < -0.4 is 0 Å². The van der Waals surface area contributed by atoms with Crippen LogP contribution in [0.5, 0.6) is 0 Å². The van der Waals surface area contributed by atoms with Crippen LogP contribution in [0.4, 0.5) is 0 Å². The number of benzene rings is 1. The first-order chi connectivity index (χ1) is 19.6. The Balaban J connectivity index is 1.30. The summed E-state index contributed by atoms with van der Waals surface area (Å²) in [6.07, 6.45) is 12.5. The fourth-order valence-electron chi connectivity index (χ4n) is 10.3. The monoisotopic (exact) mass is 562 g/mol. The minimum Gasteiger partial charge on any atom is -0.458 e. The van der Waals surface area contributed by atoms with E-state index in [0.29, 0.717) is 54.3 Å². The van der Waals surface area contributed by atoms with Crippen molar-refractivity contribution in [3.8, 4) is 0 Å². The highest BCUT2D eigenvalue weighted by Crippen LogP contribution is 2.69. The molecule has 4 unspecified atom stereocenters. The Hall–Kier alpha value is -1.98. The summed E-state index contributed by atoms with van der Waals surface area (Å²) in [5, 5.41) is 0. The number of allylic oxidation sites excluding steroid dienone is 2. The van der Waals surface area contributed by atoms with Gasteiger partial charge in [-0.1, -0.05) is 58.9 Å². The smallest absolute Gasteiger partial charge is 0.338 e. The molecule has 5 nitrogen and oxygen atoms in total. The maximum absolute atomic E-state index is 13.5. The van der Waals surface area contributed by atoms with Gasteiger partial charge in [-0.3, -0.25) is 4.79 Å². The SMILES string of the molecule is CC(C)C(=O)/C=C/[C@@H](C)[C@H]1CCC2C3C(OC(=O)c4ccccc4)C[C@H]4CC5(CC[C@]4(C)C3CC[C@@]21C)OCCO5. The van der Waals surface area contributed by atoms with Crippen molar-refractivity contribution in [3.05, 3.63) is 48.0 Å². The number of carbonyl (C=O) groups is 2. The molecule has 4 aliphatic carbocycles. The van der Waals surface area contributed by atoms with Crippen molar-refractivity contribution < 1.29 is 23.8 Å². The molecule has 0 aromatic heterocycles. The second-order valence-corrected chi connectivity index (χ2v) is 14.9. The van der Waals surface area contributed by atoms with Crippen molar-refractivity contribution in [3.63, 3.8) is 0 Å². The van der Waals surface area contributed by atoms with Gasteiger partial charge in [0.15, 0.2) is 11.6 Å². The number of ether oxygens (including phenoxy) is 3. The second kappa shape index (κ2) is 10.9. The van der Waals surface area contributed by atoms with Crippen molar-refractivity contribution in [2.24, 2.45) is 52.3 Å². The summed E-state index contributed by atoms with van der Waals surface area (Å²) in [5.41, 5.74) is 1.02. The van der Waals surface area contributed by atoms with E-state index in [1.54, 1.807) is 0 Å². The van der Waals surface area contributed by atoms with Gasteiger partial charge < -0.3 is 14.2 Å². The fraction of sp³-hybridized carbons (Fsp3) is 0.722. The molecule has 5 aliphatic rings. The van der Waals surface area contributed by atoms with E-state index in [1.165, 1.54) is 25.7 Å². The van der Waals surface area contributed by atoms with E-state index in [-0.39, 0.29) is 34.6 Å². The lowest BCUT2D eigenvalue weighted by Gasteiger charge is -2.63. The minimum atomic E-state index is -0.443. The van der Waals surface area contributed by atoms with Crippen LogP contribution in [-0.4, -0.2) is 36.9 Å². The molecule has 5 fully saturated rings. The van der Waals surface area contributed by atoms with Gasteiger partial charge in [0, 0.05) is 24.7 Å². The Bertz CT molecular complexity index is 1150. The van der Waals surface area contributed by atoms with E-state index in [4.69, 9.17) is 14.2 Å². The molecule has 1 aliphatic heterocycles. The first-order valence-corrected chi connectivity index (χ1v) is 16.3. The lowest BCUT2D eigenvalue weighted by atomic mass is 9.43. The number of hydrogen-bond acceptors (Lipinski definition) is 5. The Morgan fingerprint density at radius 3 is 2.34 bits per heavy atom. The molecule has 0 N–H and O–H groups in total. The zero-order valence-electron chi connectivity index (χ0n) is 25.8. The number of carbonyl (C=O) groups excluding carboxylic acids is 2. The van der Waals surface area contributed by atoms with Crippen molar-refractivity contribution in [2.45, 2.75) is 97.9 Å². The average Bonchev–Trinajstić information content (AvgIpc) is 3.56. The zero-order chi connectivity index (χ0) is 29.0. The third-order valence-corrected chi connectivity index (χ3v) is 12.6. The number of hydrogen-bond donors (Lipinski definition) is 0. The molecule has 9 atom stereocenters. The Labute approximate surface area is 246 Å². The minimum absolute atomic E-state index is 0.0338. The molecule has 0 radical (unpaired) electrons. The summed E-state index contributed by atoms with van der Waals surface area (Å²) >= 11 is 0. The topological polar surface area (TPSA) is 61.8 Å². The first-order valence-electron chi connectivity index (χ1n) is 16.3. The van der Waals surface area contributed by atoms with E-state index in [9.17, 15) is 9.59 Å². The van der Waals surface area contributed by atoms with Gasteiger partial charge in [-0.15, -0.1) is 0 Å². The number of esters is 1. The maximum Gasteiger partial charge on any atom is 0.338 e. The fourth-order valence-corrected chi connectivity index (χ4v) is 10.3. The van der Waals surface area contributed by atoms with Crippen molar-refractivity contribution in [1.82, 2.24) is 0 Å². The van der Waals surface area contributed by atoms with E-state index >= 15 is 0 Å². The van der Waals surface area contributed by atoms with Crippen molar-refractivity contribution >= 4 is 11.8 Å². The van der Waals surface area contributed by atoms with E-state index in [2.05, 4.69) is 26.8 Å². The van der Waals surface area contributed by atoms with Crippen LogP contribution in [0.3, 0.4) is 0 Å². The highest BCUT2D eigenvalue weighted by molar-refractivity contribution is 5.91. The highest BCUT2D eigenvalue weighted by Gasteiger charge is 2.65. The largest absolute Gasteiger partial charge is 0.458 e. The van der Waals surface area contributed by atoms with Crippen LogP contribution in [0.25, 0.3) is 0 Å². The quantitative estimate of drug-likeness (QED) is 0.263. The summed E-state index contributed by atoms with van der Waals surface area (Å²) in [7, 11) is 0. The molecule has 1 saturated heterocycles. The van der Waals surface area contributed by atoms with Crippen LogP contribution in [0, 0.1) is 52.3 Å². The molecular formula is C36H50O5. The second-order valence-electron chi connectivity index (χ2n) is 14.9. The summed E-state index contributed by atoms with van der Waals surface area (Å²) in [6.45, 7) is 12.7. The number of rotatable bonds is 6. The van der Waals surface area contributed by atoms with Crippen LogP contribution in [0.1, 0.15) is 96.3 Å². The molecule has 5 heteroatoms. The van der Waals surface area contributed by atoms with E-state index in [1.807, 2.05) is 50.3 Å². The van der Waals surface area contributed by atoms with Gasteiger partial charge in [0.25, 0.3) is 0 Å². The molecule has 1 aromatic rings. The van der Waals surface area contributed by atoms with E-state index < -0.39 is 5.79 Å². The predicted octanol–water partition coefficient (Wildman–Crippen LogP) is 7.64. The van der Waals surface area contributed by atoms with Crippen LogP contribution in [0.15, 0.2) is 42.5 Å². The average molecular weight is 563 g/mol. The Kier molecular flexibility index (Phi) is 7.77. The highest BCUT2D eigenvalue weighted by atomic mass is 16.7. The van der Waals surface area contributed by atoms with Gasteiger partial charge >= 0.3 is 5.97 Å². The van der Waals surface area contributed by atoms with Gasteiger partial charge in [0.1, 0.15) is 6.10 Å². The third-order valence-electron chi connectivity index (χ3n) is 12.6. The van der Waals surface area contributed by atoms with Crippen molar-refractivity contribution in [2.75, 3.05) is 13.2 Å². The van der Waals surface area contributed by atoms with Gasteiger partial charge in [-0.2, -0.15) is 0 Å². The molecule has 1 aromatic carbocycles. The summed E-state index contributed by atoms with van der Waals surface area (Å²) < 4.78 is 19.0. The van der Waals surface area contributed by atoms with Gasteiger partial charge in [0.05, 0.1) is 18.8 Å². The maximum atomic E-state index is 13.5. The molecule has 41 heavy (non-hydrogen) atoms. The molecule has 0 bridgehead atoms. The molecule has 1 heterocycles. The molecular weight excluding hydrogens is 512 g/mol. The van der Waals surface area contributed by atoms with Crippen molar-refractivity contribution in [1.29, 1.82) is 0 Å². The summed E-state index contributed by atoms with van der Waals surface area (Å²) in [4.78, 5) is 25.9. The molecule has 0 amide bonds.